The first kappa shape index (κ1) is 14.5. The smallest absolute Gasteiger partial charge is 0.261 e. The van der Waals surface area contributed by atoms with Crippen LogP contribution in [0, 0.1) is 0 Å². The quantitative estimate of drug-likeness (QED) is 0.750. The number of aromatic nitrogens is 1. The third-order valence-electron chi connectivity index (χ3n) is 3.59. The maximum Gasteiger partial charge on any atom is 0.261 e. The van der Waals surface area contributed by atoms with E-state index in [9.17, 15) is 4.79 Å². The highest BCUT2D eigenvalue weighted by Gasteiger charge is 2.24. The average molecular weight is 345 g/mol. The lowest BCUT2D eigenvalue weighted by Gasteiger charge is -2.06. The molecule has 0 aliphatic heterocycles. The van der Waals surface area contributed by atoms with Crippen LogP contribution in [-0.2, 0) is 0 Å². The van der Waals surface area contributed by atoms with E-state index in [0.29, 0.717) is 27.4 Å². The zero-order valence-electron chi connectivity index (χ0n) is 12.1. The number of thiophene rings is 1. The van der Waals surface area contributed by atoms with Gasteiger partial charge in [-0.25, -0.2) is 0 Å². The maximum absolute atomic E-state index is 12.2. The zero-order chi connectivity index (χ0) is 15.8. The molecule has 4 rings (SSSR count). The van der Waals surface area contributed by atoms with Gasteiger partial charge in [0.25, 0.3) is 5.91 Å². The predicted molar refractivity (Wildman–Crippen MR) is 91.6 cm³/mol. The third kappa shape index (κ3) is 3.16. The van der Waals surface area contributed by atoms with Crippen molar-refractivity contribution in [3.05, 3.63) is 52.6 Å². The SMILES string of the molecule is O=C(NC1CC1)c1cc2c(Oc3ccc(Cl)cc3)cncc2s1. The number of amides is 1. The molecule has 1 aromatic carbocycles. The van der Waals surface area contributed by atoms with Crippen LogP contribution in [0.25, 0.3) is 10.1 Å². The van der Waals surface area contributed by atoms with E-state index in [0.717, 1.165) is 22.9 Å². The number of hydrogen-bond acceptors (Lipinski definition) is 4. The first-order valence-corrected chi connectivity index (χ1v) is 8.50. The molecule has 0 saturated heterocycles. The summed E-state index contributed by atoms with van der Waals surface area (Å²) in [5.74, 6) is 1.29. The number of halogens is 1. The number of carbonyl (C=O) groups excluding carboxylic acids is 1. The Morgan fingerprint density at radius 3 is 2.78 bits per heavy atom. The third-order valence-corrected chi connectivity index (χ3v) is 4.91. The monoisotopic (exact) mass is 344 g/mol. The molecule has 2 heterocycles. The van der Waals surface area contributed by atoms with Crippen molar-refractivity contribution < 1.29 is 9.53 Å². The van der Waals surface area contributed by atoms with E-state index >= 15 is 0 Å². The van der Waals surface area contributed by atoms with Crippen LogP contribution in [0.4, 0.5) is 0 Å². The summed E-state index contributed by atoms with van der Waals surface area (Å²) in [6, 6.07) is 9.35. The Kier molecular flexibility index (Phi) is 3.67. The van der Waals surface area contributed by atoms with Crippen LogP contribution >= 0.6 is 22.9 Å². The Morgan fingerprint density at radius 2 is 2.04 bits per heavy atom. The first-order valence-electron chi connectivity index (χ1n) is 7.31. The fourth-order valence-corrected chi connectivity index (χ4v) is 3.32. The summed E-state index contributed by atoms with van der Waals surface area (Å²) in [6.45, 7) is 0. The Bertz CT molecular complexity index is 872. The molecule has 2 aromatic heterocycles. The molecule has 0 atom stereocenters. The molecule has 1 aliphatic carbocycles. The van der Waals surface area contributed by atoms with Gasteiger partial charge in [0.2, 0.25) is 0 Å². The van der Waals surface area contributed by atoms with Gasteiger partial charge < -0.3 is 10.1 Å². The Labute approximate surface area is 142 Å². The van der Waals surface area contributed by atoms with Crippen LogP contribution in [-0.4, -0.2) is 16.9 Å². The van der Waals surface area contributed by atoms with Crippen molar-refractivity contribution in [2.45, 2.75) is 18.9 Å². The van der Waals surface area contributed by atoms with Gasteiger partial charge in [0.15, 0.2) is 5.75 Å². The largest absolute Gasteiger partial charge is 0.455 e. The second kappa shape index (κ2) is 5.83. The van der Waals surface area contributed by atoms with Gasteiger partial charge in [-0.05, 0) is 43.2 Å². The zero-order valence-corrected chi connectivity index (χ0v) is 13.7. The van der Waals surface area contributed by atoms with Crippen molar-refractivity contribution in [3.8, 4) is 11.5 Å². The topological polar surface area (TPSA) is 51.2 Å². The van der Waals surface area contributed by atoms with Crippen LogP contribution in [0.1, 0.15) is 22.5 Å². The minimum atomic E-state index is -0.0221. The molecule has 0 radical (unpaired) electrons. The van der Waals surface area contributed by atoms with Crippen LogP contribution in [0.5, 0.6) is 11.5 Å². The lowest BCUT2D eigenvalue weighted by molar-refractivity contribution is 0.0955. The highest BCUT2D eigenvalue weighted by molar-refractivity contribution is 7.20. The second-order valence-corrected chi connectivity index (χ2v) is 6.98. The molecule has 1 amide bonds. The molecule has 1 fully saturated rings. The fourth-order valence-electron chi connectivity index (χ4n) is 2.24. The van der Waals surface area contributed by atoms with Gasteiger partial charge in [-0.1, -0.05) is 11.6 Å². The molecule has 0 unspecified atom stereocenters. The number of hydrogen-bond donors (Lipinski definition) is 1. The number of benzene rings is 1. The predicted octanol–water partition coefficient (Wildman–Crippen LogP) is 4.63. The van der Waals surface area contributed by atoms with Gasteiger partial charge in [0, 0.05) is 22.6 Å². The van der Waals surface area contributed by atoms with Crippen LogP contribution in [0.2, 0.25) is 5.02 Å². The summed E-state index contributed by atoms with van der Waals surface area (Å²) in [6.07, 6.45) is 5.56. The summed E-state index contributed by atoms with van der Waals surface area (Å²) in [7, 11) is 0. The van der Waals surface area contributed by atoms with Crippen molar-refractivity contribution in [2.75, 3.05) is 0 Å². The van der Waals surface area contributed by atoms with Crippen molar-refractivity contribution in [1.29, 1.82) is 0 Å². The van der Waals surface area contributed by atoms with E-state index in [2.05, 4.69) is 10.3 Å². The molecular formula is C17H13ClN2O2S. The molecule has 0 spiro atoms. The van der Waals surface area contributed by atoms with Crippen molar-refractivity contribution in [2.24, 2.45) is 0 Å². The number of nitrogens with zero attached hydrogens (tertiary/aromatic N) is 1. The summed E-state index contributed by atoms with van der Waals surface area (Å²) in [5, 5.41) is 4.55. The van der Waals surface area contributed by atoms with Crippen LogP contribution in [0.3, 0.4) is 0 Å². The lowest BCUT2D eigenvalue weighted by Crippen LogP contribution is -2.24. The number of rotatable bonds is 4. The maximum atomic E-state index is 12.2. The van der Waals surface area contributed by atoms with Gasteiger partial charge in [0.05, 0.1) is 15.8 Å². The lowest BCUT2D eigenvalue weighted by atomic mass is 10.2. The molecular weight excluding hydrogens is 332 g/mol. The van der Waals surface area contributed by atoms with E-state index in [1.54, 1.807) is 36.7 Å². The molecule has 116 valence electrons. The summed E-state index contributed by atoms with van der Waals surface area (Å²) >= 11 is 7.31. The average Bonchev–Trinajstić information content (AvgIpc) is 3.24. The van der Waals surface area contributed by atoms with Crippen LogP contribution in [0.15, 0.2) is 42.7 Å². The molecule has 1 N–H and O–H groups in total. The Morgan fingerprint density at radius 1 is 1.26 bits per heavy atom. The summed E-state index contributed by atoms with van der Waals surface area (Å²) in [4.78, 5) is 17.1. The molecule has 6 heteroatoms. The van der Waals surface area contributed by atoms with Crippen molar-refractivity contribution in [1.82, 2.24) is 10.3 Å². The number of pyridine rings is 1. The highest BCUT2D eigenvalue weighted by Crippen LogP contribution is 2.35. The molecule has 0 bridgehead atoms. The van der Waals surface area contributed by atoms with E-state index in [-0.39, 0.29) is 5.91 Å². The van der Waals surface area contributed by atoms with Crippen molar-refractivity contribution >= 4 is 38.9 Å². The number of carbonyl (C=O) groups is 1. The van der Waals surface area contributed by atoms with Gasteiger partial charge in [-0.2, -0.15) is 0 Å². The highest BCUT2D eigenvalue weighted by atomic mass is 35.5. The van der Waals surface area contributed by atoms with Crippen molar-refractivity contribution in [3.63, 3.8) is 0 Å². The van der Waals surface area contributed by atoms with E-state index in [1.807, 2.05) is 6.07 Å². The van der Waals surface area contributed by atoms with Gasteiger partial charge in [-0.15, -0.1) is 11.3 Å². The molecule has 3 aromatic rings. The summed E-state index contributed by atoms with van der Waals surface area (Å²) < 4.78 is 6.82. The Balaban J connectivity index is 1.65. The van der Waals surface area contributed by atoms with E-state index in [4.69, 9.17) is 16.3 Å². The summed E-state index contributed by atoms with van der Waals surface area (Å²) in [5.41, 5.74) is 0. The van der Waals surface area contributed by atoms with Gasteiger partial charge in [-0.3, -0.25) is 9.78 Å². The number of ether oxygens (including phenoxy) is 1. The second-order valence-electron chi connectivity index (χ2n) is 5.46. The minimum Gasteiger partial charge on any atom is -0.455 e. The molecule has 4 nitrogen and oxygen atoms in total. The van der Waals surface area contributed by atoms with Gasteiger partial charge in [0.1, 0.15) is 5.75 Å². The molecule has 1 aliphatic rings. The Hall–Kier alpha value is -2.11. The normalized spacial score (nSPS) is 14.0. The molecule has 23 heavy (non-hydrogen) atoms. The van der Waals surface area contributed by atoms with Crippen LogP contribution < -0.4 is 10.1 Å². The number of nitrogens with one attached hydrogen (secondary N) is 1. The van der Waals surface area contributed by atoms with E-state index < -0.39 is 0 Å². The van der Waals surface area contributed by atoms with E-state index in [1.165, 1.54) is 11.3 Å². The molecule has 1 saturated carbocycles. The first-order chi connectivity index (χ1) is 11.2. The number of fused-ring (bicyclic) bond motifs is 1. The standard InChI is InChI=1S/C17H13ClN2O2S/c18-10-1-5-12(6-2-10)22-14-8-19-9-16-13(14)7-15(23-16)17(21)20-11-3-4-11/h1-2,5-9,11H,3-4H2,(H,20,21). The fraction of sp³-hybridized carbons (Fsp3) is 0.176. The minimum absolute atomic E-state index is 0.0221. The van der Waals surface area contributed by atoms with Gasteiger partial charge >= 0.3 is 0 Å².